The Morgan fingerprint density at radius 2 is 1.52 bits per heavy atom. The molecule has 3 rings (SSSR count). The van der Waals surface area contributed by atoms with Crippen LogP contribution in [0, 0.1) is 0 Å². The maximum absolute atomic E-state index is 5.65. The van der Waals surface area contributed by atoms with Crippen molar-refractivity contribution < 1.29 is 9.26 Å². The van der Waals surface area contributed by atoms with Crippen LogP contribution < -0.4 is 4.74 Å². The topological polar surface area (TPSA) is 35.3 Å². The van der Waals surface area contributed by atoms with E-state index in [4.69, 9.17) is 9.26 Å². The van der Waals surface area contributed by atoms with E-state index in [0.717, 1.165) is 47.5 Å². The van der Waals surface area contributed by atoms with Gasteiger partial charge in [-0.2, -0.15) is 0 Å². The molecule has 0 aliphatic rings. The number of hydrogen-bond acceptors (Lipinski definition) is 3. The molecule has 0 saturated heterocycles. The number of methoxy groups -OCH3 is 1. The molecule has 0 fully saturated rings. The number of rotatable bonds is 6. The van der Waals surface area contributed by atoms with Crippen LogP contribution in [0.25, 0.3) is 22.5 Å². The average Bonchev–Trinajstić information content (AvgIpc) is 3.16. The van der Waals surface area contributed by atoms with E-state index in [2.05, 4.69) is 38.1 Å². The molecule has 1 heterocycles. The molecule has 0 N–H and O–H groups in total. The van der Waals surface area contributed by atoms with Gasteiger partial charge in [0.2, 0.25) is 0 Å². The SMILES string of the molecule is CCc1cc(-c2oncc2-c2ccc(OC)cc2)cc(CC)c1CC. The van der Waals surface area contributed by atoms with Gasteiger partial charge in [0, 0.05) is 11.1 Å². The summed E-state index contributed by atoms with van der Waals surface area (Å²) in [6.45, 7) is 6.65. The van der Waals surface area contributed by atoms with Crippen molar-refractivity contribution in [2.45, 2.75) is 40.0 Å². The molecule has 0 spiro atoms. The molecule has 25 heavy (non-hydrogen) atoms. The van der Waals surface area contributed by atoms with Crippen LogP contribution in [0.3, 0.4) is 0 Å². The lowest BCUT2D eigenvalue weighted by Gasteiger charge is -2.14. The van der Waals surface area contributed by atoms with Gasteiger partial charge in [0.1, 0.15) is 5.75 Å². The second-order valence-electron chi connectivity index (χ2n) is 6.13. The second kappa shape index (κ2) is 7.56. The fourth-order valence-electron chi connectivity index (χ4n) is 3.44. The Balaban J connectivity index is 2.10. The van der Waals surface area contributed by atoms with E-state index in [1.54, 1.807) is 13.3 Å². The third kappa shape index (κ3) is 3.32. The van der Waals surface area contributed by atoms with Crippen LogP contribution in [-0.4, -0.2) is 12.3 Å². The molecule has 1 aromatic heterocycles. The molecule has 3 nitrogen and oxygen atoms in total. The predicted molar refractivity (Wildman–Crippen MR) is 102 cm³/mol. The highest BCUT2D eigenvalue weighted by Gasteiger charge is 2.16. The lowest BCUT2D eigenvalue weighted by atomic mass is 9.91. The first-order valence-electron chi connectivity index (χ1n) is 8.95. The summed E-state index contributed by atoms with van der Waals surface area (Å²) in [5, 5.41) is 4.06. The number of benzene rings is 2. The number of ether oxygens (including phenoxy) is 1. The zero-order valence-electron chi connectivity index (χ0n) is 15.4. The first-order chi connectivity index (χ1) is 12.2. The van der Waals surface area contributed by atoms with Crippen LogP contribution >= 0.6 is 0 Å². The normalized spacial score (nSPS) is 10.9. The lowest BCUT2D eigenvalue weighted by molar-refractivity contribution is 0.415. The Morgan fingerprint density at radius 1 is 0.880 bits per heavy atom. The van der Waals surface area contributed by atoms with E-state index in [9.17, 15) is 0 Å². The Hall–Kier alpha value is -2.55. The highest BCUT2D eigenvalue weighted by molar-refractivity contribution is 5.80. The van der Waals surface area contributed by atoms with E-state index in [0.29, 0.717) is 0 Å². The van der Waals surface area contributed by atoms with E-state index >= 15 is 0 Å². The van der Waals surface area contributed by atoms with Crippen molar-refractivity contribution in [3.05, 3.63) is 59.3 Å². The smallest absolute Gasteiger partial charge is 0.174 e. The monoisotopic (exact) mass is 335 g/mol. The fourth-order valence-corrected chi connectivity index (χ4v) is 3.44. The number of aryl methyl sites for hydroxylation is 2. The minimum absolute atomic E-state index is 0.831. The van der Waals surface area contributed by atoms with Crippen molar-refractivity contribution in [1.29, 1.82) is 0 Å². The predicted octanol–water partition coefficient (Wildman–Crippen LogP) is 5.70. The molecular formula is C22H25NO2. The molecule has 2 aromatic carbocycles. The van der Waals surface area contributed by atoms with Gasteiger partial charge >= 0.3 is 0 Å². The van der Waals surface area contributed by atoms with Gasteiger partial charge in [0.15, 0.2) is 5.76 Å². The van der Waals surface area contributed by atoms with E-state index in [1.807, 2.05) is 24.3 Å². The van der Waals surface area contributed by atoms with E-state index in [1.165, 1.54) is 16.7 Å². The minimum atomic E-state index is 0.831. The molecule has 0 atom stereocenters. The third-order valence-electron chi connectivity index (χ3n) is 4.78. The summed E-state index contributed by atoms with van der Waals surface area (Å²) in [5.74, 6) is 1.67. The number of nitrogens with zero attached hydrogens (tertiary/aromatic N) is 1. The van der Waals surface area contributed by atoms with Gasteiger partial charge in [0.25, 0.3) is 0 Å². The van der Waals surface area contributed by atoms with Crippen molar-refractivity contribution in [1.82, 2.24) is 5.16 Å². The van der Waals surface area contributed by atoms with Gasteiger partial charge in [-0.25, -0.2) is 0 Å². The van der Waals surface area contributed by atoms with Crippen LogP contribution in [-0.2, 0) is 19.3 Å². The van der Waals surface area contributed by atoms with Crippen LogP contribution in [0.1, 0.15) is 37.5 Å². The molecule has 3 heteroatoms. The largest absolute Gasteiger partial charge is 0.497 e. The van der Waals surface area contributed by atoms with Gasteiger partial charge in [-0.05, 0) is 65.8 Å². The van der Waals surface area contributed by atoms with Gasteiger partial charge < -0.3 is 9.26 Å². The van der Waals surface area contributed by atoms with E-state index < -0.39 is 0 Å². The Bertz CT molecular complexity index is 822. The summed E-state index contributed by atoms with van der Waals surface area (Å²) >= 11 is 0. The van der Waals surface area contributed by atoms with Gasteiger partial charge in [0.05, 0.1) is 13.3 Å². The highest BCUT2D eigenvalue weighted by Crippen LogP contribution is 2.35. The number of hydrogen-bond donors (Lipinski definition) is 0. The molecule has 0 amide bonds. The summed E-state index contributed by atoms with van der Waals surface area (Å²) in [6, 6.07) is 12.5. The van der Waals surface area contributed by atoms with Crippen LogP contribution in [0.2, 0.25) is 0 Å². The zero-order chi connectivity index (χ0) is 17.8. The molecule has 0 bridgehead atoms. The van der Waals surface area contributed by atoms with Crippen molar-refractivity contribution in [2.75, 3.05) is 7.11 Å². The Labute approximate surface area is 149 Å². The van der Waals surface area contributed by atoms with Gasteiger partial charge in [-0.3, -0.25) is 0 Å². The highest BCUT2D eigenvalue weighted by atomic mass is 16.5. The fraction of sp³-hybridized carbons (Fsp3) is 0.318. The Morgan fingerprint density at radius 3 is 2.04 bits per heavy atom. The summed E-state index contributed by atoms with van der Waals surface area (Å²) < 4.78 is 10.9. The molecular weight excluding hydrogens is 310 g/mol. The number of aromatic nitrogens is 1. The first kappa shape index (κ1) is 17.3. The van der Waals surface area contributed by atoms with Crippen molar-refractivity contribution >= 4 is 0 Å². The van der Waals surface area contributed by atoms with Crippen LogP contribution in [0.4, 0.5) is 0 Å². The van der Waals surface area contributed by atoms with Crippen LogP contribution in [0.15, 0.2) is 47.1 Å². The van der Waals surface area contributed by atoms with Crippen LogP contribution in [0.5, 0.6) is 5.75 Å². The lowest BCUT2D eigenvalue weighted by Crippen LogP contribution is -1.99. The molecule has 0 aliphatic heterocycles. The molecule has 0 radical (unpaired) electrons. The van der Waals surface area contributed by atoms with Gasteiger partial charge in [-0.15, -0.1) is 0 Å². The second-order valence-corrected chi connectivity index (χ2v) is 6.13. The molecule has 0 saturated carbocycles. The standard InChI is InChI=1S/C22H25NO2/c1-5-15-12-18(13-16(6-2)20(15)7-3)22-21(14-23-25-22)17-8-10-19(24-4)11-9-17/h8-14H,5-7H2,1-4H3. The molecule has 0 aliphatic carbocycles. The first-order valence-corrected chi connectivity index (χ1v) is 8.95. The average molecular weight is 335 g/mol. The zero-order valence-corrected chi connectivity index (χ0v) is 15.4. The maximum Gasteiger partial charge on any atom is 0.174 e. The van der Waals surface area contributed by atoms with Crippen molar-refractivity contribution in [3.63, 3.8) is 0 Å². The Kier molecular flexibility index (Phi) is 5.22. The molecule has 3 aromatic rings. The molecule has 130 valence electrons. The summed E-state index contributed by atoms with van der Waals surface area (Å²) in [6.07, 6.45) is 4.91. The van der Waals surface area contributed by atoms with Gasteiger partial charge in [-0.1, -0.05) is 38.1 Å². The summed E-state index contributed by atoms with van der Waals surface area (Å²) in [4.78, 5) is 0. The minimum Gasteiger partial charge on any atom is -0.497 e. The third-order valence-corrected chi connectivity index (χ3v) is 4.78. The summed E-state index contributed by atoms with van der Waals surface area (Å²) in [7, 11) is 1.67. The quantitative estimate of drug-likeness (QED) is 0.579. The van der Waals surface area contributed by atoms with Crippen molar-refractivity contribution in [3.8, 4) is 28.2 Å². The molecule has 0 unspecified atom stereocenters. The van der Waals surface area contributed by atoms with E-state index in [-0.39, 0.29) is 0 Å². The summed E-state index contributed by atoms with van der Waals surface area (Å²) in [5.41, 5.74) is 7.46. The van der Waals surface area contributed by atoms with Crippen molar-refractivity contribution in [2.24, 2.45) is 0 Å². The maximum atomic E-state index is 5.65.